The molecule has 1 unspecified atom stereocenters. The number of amides is 1. The standard InChI is InChI=1S/C14H22N2O2/c1-10(2)14(4,18)9-15-12-6-5-7-13(8-12)16-11(3)17/h5-8,10,15,18H,9H2,1-4H3,(H,16,17). The Kier molecular flexibility index (Phi) is 4.73. The molecule has 0 saturated carbocycles. The molecular weight excluding hydrogens is 228 g/mol. The first kappa shape index (κ1) is 14.5. The zero-order valence-corrected chi connectivity index (χ0v) is 11.4. The highest BCUT2D eigenvalue weighted by Crippen LogP contribution is 2.19. The molecule has 100 valence electrons. The van der Waals surface area contributed by atoms with Gasteiger partial charge in [-0.3, -0.25) is 4.79 Å². The molecule has 0 fully saturated rings. The lowest BCUT2D eigenvalue weighted by atomic mass is 9.92. The van der Waals surface area contributed by atoms with E-state index in [0.29, 0.717) is 6.54 Å². The van der Waals surface area contributed by atoms with Crippen LogP contribution in [0.2, 0.25) is 0 Å². The van der Waals surface area contributed by atoms with Gasteiger partial charge < -0.3 is 15.7 Å². The fourth-order valence-electron chi connectivity index (χ4n) is 1.40. The van der Waals surface area contributed by atoms with E-state index in [1.165, 1.54) is 6.92 Å². The lowest BCUT2D eigenvalue weighted by Crippen LogP contribution is -2.38. The van der Waals surface area contributed by atoms with Crippen LogP contribution in [0, 0.1) is 5.92 Å². The summed E-state index contributed by atoms with van der Waals surface area (Å²) in [5.74, 6) is 0.0739. The van der Waals surface area contributed by atoms with Gasteiger partial charge in [-0.1, -0.05) is 19.9 Å². The Morgan fingerprint density at radius 1 is 1.39 bits per heavy atom. The fraction of sp³-hybridized carbons (Fsp3) is 0.500. The van der Waals surface area contributed by atoms with Crippen molar-refractivity contribution in [1.29, 1.82) is 0 Å². The van der Waals surface area contributed by atoms with Gasteiger partial charge in [-0.05, 0) is 31.0 Å². The maximum absolute atomic E-state index is 11.0. The van der Waals surface area contributed by atoms with Gasteiger partial charge in [-0.2, -0.15) is 0 Å². The predicted molar refractivity (Wildman–Crippen MR) is 74.7 cm³/mol. The zero-order valence-electron chi connectivity index (χ0n) is 11.4. The quantitative estimate of drug-likeness (QED) is 0.752. The Bertz CT molecular complexity index is 414. The molecule has 1 aromatic rings. The molecule has 1 amide bonds. The summed E-state index contributed by atoms with van der Waals surface area (Å²) in [6.45, 7) is 7.71. The van der Waals surface area contributed by atoms with Crippen molar-refractivity contribution >= 4 is 17.3 Å². The van der Waals surface area contributed by atoms with Crippen molar-refractivity contribution < 1.29 is 9.90 Å². The first-order valence-corrected chi connectivity index (χ1v) is 6.15. The Balaban J connectivity index is 2.65. The predicted octanol–water partition coefficient (Wildman–Crippen LogP) is 2.46. The van der Waals surface area contributed by atoms with Crippen molar-refractivity contribution in [3.63, 3.8) is 0 Å². The summed E-state index contributed by atoms with van der Waals surface area (Å²) in [6, 6.07) is 7.43. The van der Waals surface area contributed by atoms with Crippen LogP contribution in [0.3, 0.4) is 0 Å². The summed E-state index contributed by atoms with van der Waals surface area (Å²) in [7, 11) is 0. The molecular formula is C14H22N2O2. The van der Waals surface area contributed by atoms with Crippen LogP contribution in [0.1, 0.15) is 27.7 Å². The number of rotatable bonds is 5. The average molecular weight is 250 g/mol. The summed E-state index contributed by atoms with van der Waals surface area (Å²) in [5, 5.41) is 16.0. The van der Waals surface area contributed by atoms with Gasteiger partial charge >= 0.3 is 0 Å². The molecule has 3 N–H and O–H groups in total. The molecule has 0 saturated heterocycles. The van der Waals surface area contributed by atoms with Gasteiger partial charge in [0.15, 0.2) is 0 Å². The van der Waals surface area contributed by atoms with E-state index < -0.39 is 5.60 Å². The van der Waals surface area contributed by atoms with Crippen LogP contribution in [0.5, 0.6) is 0 Å². The van der Waals surface area contributed by atoms with Crippen molar-refractivity contribution in [3.05, 3.63) is 24.3 Å². The highest BCUT2D eigenvalue weighted by molar-refractivity contribution is 5.89. The minimum absolute atomic E-state index is 0.0960. The molecule has 0 radical (unpaired) electrons. The Morgan fingerprint density at radius 3 is 2.56 bits per heavy atom. The van der Waals surface area contributed by atoms with Crippen LogP contribution in [-0.2, 0) is 4.79 Å². The van der Waals surface area contributed by atoms with E-state index in [1.807, 2.05) is 45.0 Å². The van der Waals surface area contributed by atoms with Crippen molar-refractivity contribution in [3.8, 4) is 0 Å². The third-order valence-electron chi connectivity index (χ3n) is 3.08. The number of aliphatic hydroxyl groups is 1. The summed E-state index contributed by atoms with van der Waals surface area (Å²) in [4.78, 5) is 11.0. The fourth-order valence-corrected chi connectivity index (χ4v) is 1.40. The normalized spacial score (nSPS) is 14.1. The Labute approximate surface area is 108 Å². The molecule has 4 heteroatoms. The number of benzene rings is 1. The second-order valence-electron chi connectivity index (χ2n) is 5.13. The van der Waals surface area contributed by atoms with Gasteiger partial charge in [0.1, 0.15) is 0 Å². The van der Waals surface area contributed by atoms with E-state index >= 15 is 0 Å². The summed E-state index contributed by atoms with van der Waals surface area (Å²) in [5.41, 5.74) is 0.864. The highest BCUT2D eigenvalue weighted by atomic mass is 16.3. The third-order valence-corrected chi connectivity index (χ3v) is 3.08. The molecule has 4 nitrogen and oxygen atoms in total. The second kappa shape index (κ2) is 5.87. The number of nitrogens with one attached hydrogen (secondary N) is 2. The monoisotopic (exact) mass is 250 g/mol. The van der Waals surface area contributed by atoms with Gasteiger partial charge in [0.2, 0.25) is 5.91 Å². The molecule has 0 bridgehead atoms. The number of carbonyl (C=O) groups excluding carboxylic acids is 1. The van der Waals surface area contributed by atoms with Crippen LogP contribution in [0.15, 0.2) is 24.3 Å². The molecule has 0 aliphatic heterocycles. The maximum Gasteiger partial charge on any atom is 0.221 e. The minimum atomic E-state index is -0.760. The first-order chi connectivity index (χ1) is 8.31. The lowest BCUT2D eigenvalue weighted by molar-refractivity contribution is -0.114. The summed E-state index contributed by atoms with van der Waals surface area (Å²) < 4.78 is 0. The van der Waals surface area contributed by atoms with E-state index in [0.717, 1.165) is 11.4 Å². The van der Waals surface area contributed by atoms with Crippen molar-refractivity contribution in [2.45, 2.75) is 33.3 Å². The second-order valence-corrected chi connectivity index (χ2v) is 5.13. The van der Waals surface area contributed by atoms with Crippen molar-refractivity contribution in [2.75, 3.05) is 17.2 Å². The summed E-state index contributed by atoms with van der Waals surface area (Å²) in [6.07, 6.45) is 0. The van der Waals surface area contributed by atoms with E-state index in [2.05, 4.69) is 10.6 Å². The number of anilines is 2. The van der Waals surface area contributed by atoms with E-state index in [-0.39, 0.29) is 11.8 Å². The molecule has 0 aliphatic rings. The topological polar surface area (TPSA) is 61.4 Å². The molecule has 0 aromatic heterocycles. The molecule has 0 spiro atoms. The molecule has 1 atom stereocenters. The average Bonchev–Trinajstić information content (AvgIpc) is 2.26. The number of carbonyl (C=O) groups is 1. The van der Waals surface area contributed by atoms with Gasteiger partial charge in [0, 0.05) is 24.8 Å². The Hall–Kier alpha value is -1.55. The van der Waals surface area contributed by atoms with E-state index in [1.54, 1.807) is 0 Å². The van der Waals surface area contributed by atoms with Crippen LogP contribution >= 0.6 is 0 Å². The van der Waals surface area contributed by atoms with E-state index in [9.17, 15) is 9.90 Å². The molecule has 0 aliphatic carbocycles. The Morgan fingerprint density at radius 2 is 2.00 bits per heavy atom. The third kappa shape index (κ3) is 4.37. The molecule has 0 heterocycles. The SMILES string of the molecule is CC(=O)Nc1cccc(NCC(C)(O)C(C)C)c1. The molecule has 18 heavy (non-hydrogen) atoms. The maximum atomic E-state index is 11.0. The van der Waals surface area contributed by atoms with Gasteiger partial charge in [-0.25, -0.2) is 0 Å². The largest absolute Gasteiger partial charge is 0.388 e. The lowest BCUT2D eigenvalue weighted by Gasteiger charge is -2.28. The number of hydrogen-bond acceptors (Lipinski definition) is 3. The molecule has 1 aromatic carbocycles. The summed E-state index contributed by atoms with van der Waals surface area (Å²) >= 11 is 0. The highest BCUT2D eigenvalue weighted by Gasteiger charge is 2.24. The smallest absolute Gasteiger partial charge is 0.221 e. The minimum Gasteiger partial charge on any atom is -0.388 e. The van der Waals surface area contributed by atoms with Crippen LogP contribution in [0.25, 0.3) is 0 Å². The van der Waals surface area contributed by atoms with Crippen LogP contribution in [-0.4, -0.2) is 23.2 Å². The number of hydrogen-bond donors (Lipinski definition) is 3. The van der Waals surface area contributed by atoms with Gasteiger partial charge in [0.05, 0.1) is 5.60 Å². The van der Waals surface area contributed by atoms with Crippen molar-refractivity contribution in [1.82, 2.24) is 0 Å². The molecule has 1 rings (SSSR count). The van der Waals surface area contributed by atoms with Gasteiger partial charge in [0.25, 0.3) is 0 Å². The van der Waals surface area contributed by atoms with Crippen LogP contribution in [0.4, 0.5) is 11.4 Å². The van der Waals surface area contributed by atoms with Crippen LogP contribution < -0.4 is 10.6 Å². The van der Waals surface area contributed by atoms with Gasteiger partial charge in [-0.15, -0.1) is 0 Å². The van der Waals surface area contributed by atoms with Crippen molar-refractivity contribution in [2.24, 2.45) is 5.92 Å². The zero-order chi connectivity index (χ0) is 13.8. The van der Waals surface area contributed by atoms with E-state index in [4.69, 9.17) is 0 Å². The first-order valence-electron chi connectivity index (χ1n) is 6.15.